The molecule has 0 spiro atoms. The molecule has 0 aromatic rings. The summed E-state index contributed by atoms with van der Waals surface area (Å²) in [6.45, 7) is 11.8. The Balaban J connectivity index is 1.40. The standard InChI is InChI=1S/C31H54O9P2/c1-7-36-41(34,37-8-2)29(42(35,38-9-3)39-10-4)16-15-28(33)40-23-17-19-30(5)22(21-23)11-12-24-25-13-14-27(32)31(25,6)20-18-26(24)30/h22-26,29H,7-21H2,1-6H3/t22-,23-,24-,25-,26-,30-,31-/m0/s1. The van der Waals surface area contributed by atoms with Crippen LogP contribution in [0.5, 0.6) is 0 Å². The maximum atomic E-state index is 13.8. The average molecular weight is 633 g/mol. The molecule has 4 aliphatic carbocycles. The molecule has 0 bridgehead atoms. The number of ketones is 1. The van der Waals surface area contributed by atoms with Gasteiger partial charge in [0.05, 0.1) is 26.4 Å². The molecule has 0 N–H and O–H groups in total. The molecule has 0 aromatic heterocycles. The SMILES string of the molecule is CCOP(=O)(OCC)C(CCC(=O)O[C@H]1CC[C@@]2(C)[C@@H](CC[C@@H]3[C@@H]2CC[C@]2(C)C(=O)CC[C@@H]32)C1)P(=O)(OCC)OCC. The van der Waals surface area contributed by atoms with Crippen LogP contribution < -0.4 is 0 Å². The largest absolute Gasteiger partial charge is 0.462 e. The van der Waals surface area contributed by atoms with Crippen LogP contribution in [0, 0.1) is 34.5 Å². The number of hydrogen-bond acceptors (Lipinski definition) is 9. The Kier molecular flexibility index (Phi) is 11.3. The molecule has 4 fully saturated rings. The van der Waals surface area contributed by atoms with E-state index in [9.17, 15) is 18.7 Å². The van der Waals surface area contributed by atoms with Gasteiger partial charge in [-0.3, -0.25) is 18.7 Å². The quantitative estimate of drug-likeness (QED) is 0.138. The van der Waals surface area contributed by atoms with Crippen LogP contribution in [0.4, 0.5) is 0 Å². The smallest absolute Gasteiger partial charge is 0.345 e. The maximum Gasteiger partial charge on any atom is 0.345 e. The van der Waals surface area contributed by atoms with E-state index < -0.39 is 26.6 Å². The molecule has 242 valence electrons. The van der Waals surface area contributed by atoms with E-state index in [-0.39, 0.29) is 56.2 Å². The lowest BCUT2D eigenvalue weighted by Gasteiger charge is -2.60. The predicted octanol–water partition coefficient (Wildman–Crippen LogP) is 8.15. The maximum absolute atomic E-state index is 13.8. The number of Topliss-reactive ketones (excluding diaryl/α,β-unsaturated/α-hetero) is 1. The molecule has 42 heavy (non-hydrogen) atoms. The fourth-order valence-corrected chi connectivity index (χ4v) is 14.6. The molecule has 0 radical (unpaired) electrons. The second-order valence-corrected chi connectivity index (χ2v) is 18.1. The van der Waals surface area contributed by atoms with Gasteiger partial charge in [0.2, 0.25) is 0 Å². The highest BCUT2D eigenvalue weighted by atomic mass is 31.2. The molecule has 0 aliphatic heterocycles. The highest BCUT2D eigenvalue weighted by Crippen LogP contribution is 2.72. The topological polar surface area (TPSA) is 114 Å². The third kappa shape index (κ3) is 6.53. The van der Waals surface area contributed by atoms with Gasteiger partial charge in [-0.2, -0.15) is 0 Å². The minimum absolute atomic E-state index is 0.0517. The van der Waals surface area contributed by atoms with Crippen molar-refractivity contribution in [1.82, 2.24) is 0 Å². The van der Waals surface area contributed by atoms with E-state index in [1.54, 1.807) is 27.7 Å². The molecule has 4 saturated carbocycles. The van der Waals surface area contributed by atoms with Gasteiger partial charge in [0.1, 0.15) is 11.9 Å². The molecular formula is C31H54O9P2. The van der Waals surface area contributed by atoms with E-state index in [1.165, 1.54) is 0 Å². The van der Waals surface area contributed by atoms with Crippen molar-refractivity contribution in [1.29, 1.82) is 0 Å². The molecular weight excluding hydrogens is 578 g/mol. The van der Waals surface area contributed by atoms with Gasteiger partial charge in [-0.25, -0.2) is 0 Å². The molecule has 7 atom stereocenters. The predicted molar refractivity (Wildman–Crippen MR) is 161 cm³/mol. The monoisotopic (exact) mass is 632 g/mol. The molecule has 11 heteroatoms. The van der Waals surface area contributed by atoms with Crippen LogP contribution in [0.3, 0.4) is 0 Å². The molecule has 4 rings (SSSR count). The zero-order valence-corrected chi connectivity index (χ0v) is 28.4. The van der Waals surface area contributed by atoms with Crippen molar-refractivity contribution in [3.8, 4) is 0 Å². The van der Waals surface area contributed by atoms with Crippen LogP contribution in [0.15, 0.2) is 0 Å². The van der Waals surface area contributed by atoms with Gasteiger partial charge in [-0.1, -0.05) is 13.8 Å². The molecule has 0 aromatic carbocycles. The third-order valence-electron chi connectivity index (χ3n) is 11.2. The first kappa shape index (κ1) is 34.3. The summed E-state index contributed by atoms with van der Waals surface area (Å²) in [4.78, 5) is 25.9. The van der Waals surface area contributed by atoms with Gasteiger partial charge in [0.25, 0.3) is 0 Å². The Morgan fingerprint density at radius 2 is 1.43 bits per heavy atom. The van der Waals surface area contributed by atoms with Gasteiger partial charge in [0, 0.05) is 18.3 Å². The van der Waals surface area contributed by atoms with Gasteiger partial charge in [0.15, 0.2) is 5.40 Å². The molecule has 0 heterocycles. The second-order valence-electron chi connectivity index (χ2n) is 13.2. The number of fused-ring (bicyclic) bond motifs is 5. The van der Waals surface area contributed by atoms with E-state index in [0.29, 0.717) is 29.5 Å². The molecule has 0 unspecified atom stereocenters. The second kappa shape index (κ2) is 13.8. The summed E-state index contributed by atoms with van der Waals surface area (Å²) in [5.74, 6) is 2.36. The Bertz CT molecular complexity index is 1020. The first-order valence-electron chi connectivity index (χ1n) is 16.4. The molecule has 4 aliphatic rings. The van der Waals surface area contributed by atoms with Crippen LogP contribution >= 0.6 is 15.2 Å². The highest BCUT2D eigenvalue weighted by Gasteiger charge is 2.60. The number of carbonyl (C=O) groups is 2. The van der Waals surface area contributed by atoms with Crippen molar-refractivity contribution in [3.63, 3.8) is 0 Å². The van der Waals surface area contributed by atoms with E-state index in [2.05, 4.69) is 13.8 Å². The number of rotatable bonds is 14. The summed E-state index contributed by atoms with van der Waals surface area (Å²) in [6, 6.07) is 0. The lowest BCUT2D eigenvalue weighted by Crippen LogP contribution is -2.54. The summed E-state index contributed by atoms with van der Waals surface area (Å²) in [6.07, 6.45) is 8.61. The average Bonchev–Trinajstić information content (AvgIpc) is 3.23. The zero-order valence-electron chi connectivity index (χ0n) is 26.6. The third-order valence-corrected chi connectivity index (χ3v) is 17.3. The van der Waals surface area contributed by atoms with Crippen LogP contribution in [-0.2, 0) is 41.6 Å². The van der Waals surface area contributed by atoms with Crippen molar-refractivity contribution in [3.05, 3.63) is 0 Å². The van der Waals surface area contributed by atoms with Crippen molar-refractivity contribution in [2.45, 2.75) is 124 Å². The van der Waals surface area contributed by atoms with Crippen molar-refractivity contribution in [2.24, 2.45) is 34.5 Å². The fourth-order valence-electron chi connectivity index (χ4n) is 9.22. The molecule has 0 amide bonds. The Morgan fingerprint density at radius 1 is 0.833 bits per heavy atom. The van der Waals surface area contributed by atoms with Gasteiger partial charge in [-0.15, -0.1) is 0 Å². The van der Waals surface area contributed by atoms with Crippen LogP contribution in [-0.4, -0.2) is 49.7 Å². The number of esters is 1. The van der Waals surface area contributed by atoms with E-state index >= 15 is 0 Å². The van der Waals surface area contributed by atoms with Gasteiger partial charge >= 0.3 is 21.2 Å². The summed E-state index contributed by atoms with van der Waals surface area (Å²) in [7, 11) is -7.82. The van der Waals surface area contributed by atoms with E-state index in [4.69, 9.17) is 22.8 Å². The minimum atomic E-state index is -3.91. The van der Waals surface area contributed by atoms with Crippen LogP contribution in [0.2, 0.25) is 0 Å². The summed E-state index contributed by atoms with van der Waals surface area (Å²) in [5.41, 5.74) is 0.102. The summed E-state index contributed by atoms with van der Waals surface area (Å²) in [5, 5.41) is -1.22. The Morgan fingerprint density at radius 3 is 2.00 bits per heavy atom. The van der Waals surface area contributed by atoms with Crippen LogP contribution in [0.1, 0.15) is 112 Å². The Hall–Kier alpha value is -0.560. The minimum Gasteiger partial charge on any atom is -0.462 e. The Labute approximate surface area is 252 Å². The van der Waals surface area contributed by atoms with Crippen molar-refractivity contribution in [2.75, 3.05) is 26.4 Å². The van der Waals surface area contributed by atoms with E-state index in [0.717, 1.165) is 57.8 Å². The lowest BCUT2D eigenvalue weighted by molar-refractivity contribution is -0.162. The summed E-state index contributed by atoms with van der Waals surface area (Å²) >= 11 is 0. The summed E-state index contributed by atoms with van der Waals surface area (Å²) < 4.78 is 55.7. The van der Waals surface area contributed by atoms with Gasteiger partial charge in [-0.05, 0) is 115 Å². The fraction of sp³-hybridized carbons (Fsp3) is 0.935. The zero-order chi connectivity index (χ0) is 30.8. The number of hydrogen-bond donors (Lipinski definition) is 0. The first-order valence-corrected chi connectivity index (χ1v) is 19.6. The van der Waals surface area contributed by atoms with E-state index in [1.807, 2.05) is 0 Å². The van der Waals surface area contributed by atoms with Crippen LogP contribution in [0.25, 0.3) is 0 Å². The lowest BCUT2D eigenvalue weighted by atomic mass is 9.45. The highest BCUT2D eigenvalue weighted by molar-refractivity contribution is 7.72. The normalized spacial score (nSPS) is 35.0. The molecule has 0 saturated heterocycles. The van der Waals surface area contributed by atoms with Crippen molar-refractivity contribution >= 4 is 26.9 Å². The number of carbonyl (C=O) groups excluding carboxylic acids is 2. The number of ether oxygens (including phenoxy) is 1. The first-order chi connectivity index (χ1) is 19.9. The van der Waals surface area contributed by atoms with Crippen molar-refractivity contribution < 1.29 is 41.6 Å². The van der Waals surface area contributed by atoms with Gasteiger partial charge < -0.3 is 22.8 Å². The molecule has 9 nitrogen and oxygen atoms in total.